The molecular formula is C11H20N2S. The van der Waals surface area contributed by atoms with Gasteiger partial charge in [-0.25, -0.2) is 0 Å². The van der Waals surface area contributed by atoms with Gasteiger partial charge in [0.05, 0.1) is 6.04 Å². The summed E-state index contributed by atoms with van der Waals surface area (Å²) in [6, 6.07) is 5.18. The van der Waals surface area contributed by atoms with Crippen LogP contribution in [0.3, 0.4) is 0 Å². The van der Waals surface area contributed by atoms with E-state index >= 15 is 0 Å². The van der Waals surface area contributed by atoms with Crippen LogP contribution >= 0.6 is 11.3 Å². The number of rotatable bonds is 5. The fraction of sp³-hybridized carbons (Fsp3) is 0.636. The van der Waals surface area contributed by atoms with Crippen LogP contribution in [0, 0.1) is 6.92 Å². The molecule has 1 heterocycles. The van der Waals surface area contributed by atoms with Gasteiger partial charge in [-0.05, 0) is 32.4 Å². The van der Waals surface area contributed by atoms with Crippen molar-refractivity contribution >= 4 is 11.3 Å². The van der Waals surface area contributed by atoms with Crippen LogP contribution in [0.25, 0.3) is 0 Å². The summed E-state index contributed by atoms with van der Waals surface area (Å²) in [4.78, 5) is 2.70. The van der Waals surface area contributed by atoms with E-state index in [2.05, 4.69) is 38.2 Å². The van der Waals surface area contributed by atoms with E-state index in [1.807, 2.05) is 11.3 Å². The van der Waals surface area contributed by atoms with Gasteiger partial charge in [-0.15, -0.1) is 11.3 Å². The molecule has 0 aliphatic carbocycles. The monoisotopic (exact) mass is 212 g/mol. The van der Waals surface area contributed by atoms with E-state index in [9.17, 15) is 0 Å². The fourth-order valence-corrected chi connectivity index (χ4v) is 2.32. The lowest BCUT2D eigenvalue weighted by Gasteiger charge is -2.20. The van der Waals surface area contributed by atoms with Crippen LogP contribution in [0.5, 0.6) is 0 Å². The SMILES string of the molecule is CCC(C)NC(CN)c1ccc(C)s1. The zero-order valence-electron chi connectivity index (χ0n) is 9.21. The molecule has 0 bridgehead atoms. The predicted molar refractivity (Wildman–Crippen MR) is 63.7 cm³/mol. The second kappa shape index (κ2) is 5.49. The highest BCUT2D eigenvalue weighted by Gasteiger charge is 2.12. The van der Waals surface area contributed by atoms with E-state index < -0.39 is 0 Å². The van der Waals surface area contributed by atoms with E-state index in [-0.39, 0.29) is 0 Å². The van der Waals surface area contributed by atoms with E-state index in [0.717, 1.165) is 6.42 Å². The Hall–Kier alpha value is -0.380. The molecule has 1 rings (SSSR count). The molecular weight excluding hydrogens is 192 g/mol. The highest BCUT2D eigenvalue weighted by Crippen LogP contribution is 2.22. The molecule has 2 atom stereocenters. The number of aryl methyl sites for hydroxylation is 1. The first-order chi connectivity index (χ1) is 6.67. The lowest BCUT2D eigenvalue weighted by atomic mass is 10.2. The Labute approximate surface area is 90.5 Å². The molecule has 80 valence electrons. The van der Waals surface area contributed by atoms with E-state index in [1.54, 1.807) is 0 Å². The largest absolute Gasteiger partial charge is 0.329 e. The number of nitrogens with one attached hydrogen (secondary N) is 1. The first-order valence-corrected chi connectivity index (χ1v) is 6.01. The Morgan fingerprint density at radius 3 is 2.64 bits per heavy atom. The maximum atomic E-state index is 5.76. The predicted octanol–water partition coefficient (Wildman–Crippen LogP) is 2.44. The van der Waals surface area contributed by atoms with Gasteiger partial charge in [-0.3, -0.25) is 0 Å². The number of hydrogen-bond acceptors (Lipinski definition) is 3. The van der Waals surface area contributed by atoms with Gasteiger partial charge in [0.2, 0.25) is 0 Å². The molecule has 0 aliphatic heterocycles. The van der Waals surface area contributed by atoms with Crippen molar-refractivity contribution in [1.82, 2.24) is 5.32 Å². The van der Waals surface area contributed by atoms with Crippen molar-refractivity contribution in [1.29, 1.82) is 0 Å². The molecule has 0 aromatic carbocycles. The Morgan fingerprint density at radius 1 is 1.50 bits per heavy atom. The molecule has 3 N–H and O–H groups in total. The fourth-order valence-electron chi connectivity index (χ4n) is 1.37. The van der Waals surface area contributed by atoms with Crippen molar-refractivity contribution in [3.8, 4) is 0 Å². The zero-order chi connectivity index (χ0) is 10.6. The molecule has 3 heteroatoms. The number of thiophene rings is 1. The summed E-state index contributed by atoms with van der Waals surface area (Å²) in [5.74, 6) is 0. The summed E-state index contributed by atoms with van der Waals surface area (Å²) in [5, 5.41) is 3.53. The molecule has 0 spiro atoms. The average molecular weight is 212 g/mol. The number of hydrogen-bond donors (Lipinski definition) is 2. The molecule has 0 aliphatic rings. The third kappa shape index (κ3) is 3.08. The Morgan fingerprint density at radius 2 is 2.21 bits per heavy atom. The molecule has 0 saturated heterocycles. The second-order valence-electron chi connectivity index (χ2n) is 3.71. The molecule has 14 heavy (non-hydrogen) atoms. The normalized spacial score (nSPS) is 15.4. The highest BCUT2D eigenvalue weighted by molar-refractivity contribution is 7.12. The first kappa shape index (κ1) is 11.7. The first-order valence-electron chi connectivity index (χ1n) is 5.19. The molecule has 2 unspecified atom stereocenters. The molecule has 0 saturated carbocycles. The molecule has 1 aromatic heterocycles. The highest BCUT2D eigenvalue weighted by atomic mass is 32.1. The van der Waals surface area contributed by atoms with E-state index in [1.165, 1.54) is 9.75 Å². The summed E-state index contributed by atoms with van der Waals surface area (Å²) in [6.07, 6.45) is 1.14. The summed E-state index contributed by atoms with van der Waals surface area (Å²) >= 11 is 1.83. The zero-order valence-corrected chi connectivity index (χ0v) is 10.0. The minimum absolute atomic E-state index is 0.323. The van der Waals surface area contributed by atoms with Crippen LogP contribution in [0.15, 0.2) is 12.1 Å². The topological polar surface area (TPSA) is 38.0 Å². The van der Waals surface area contributed by atoms with Gasteiger partial charge in [0.25, 0.3) is 0 Å². The summed E-state index contributed by atoms with van der Waals surface area (Å²) in [6.45, 7) is 7.18. The van der Waals surface area contributed by atoms with Crippen molar-refractivity contribution in [2.45, 2.75) is 39.3 Å². The molecule has 1 aromatic rings. The van der Waals surface area contributed by atoms with Crippen LogP contribution in [-0.4, -0.2) is 12.6 Å². The van der Waals surface area contributed by atoms with Crippen LogP contribution in [0.2, 0.25) is 0 Å². The minimum atomic E-state index is 0.323. The van der Waals surface area contributed by atoms with Crippen LogP contribution in [-0.2, 0) is 0 Å². The molecule has 0 fully saturated rings. The van der Waals surface area contributed by atoms with Crippen LogP contribution < -0.4 is 11.1 Å². The van der Waals surface area contributed by atoms with Crippen LogP contribution in [0.4, 0.5) is 0 Å². The summed E-state index contributed by atoms with van der Waals surface area (Å²) < 4.78 is 0. The number of nitrogens with two attached hydrogens (primary N) is 1. The Balaban J connectivity index is 2.62. The molecule has 0 amide bonds. The van der Waals surface area contributed by atoms with Crippen molar-refractivity contribution < 1.29 is 0 Å². The third-order valence-corrected chi connectivity index (χ3v) is 3.55. The van der Waals surface area contributed by atoms with Gasteiger partial charge in [0.1, 0.15) is 0 Å². The standard InChI is InChI=1S/C11H20N2S/c1-4-8(2)13-10(7-12)11-6-5-9(3)14-11/h5-6,8,10,13H,4,7,12H2,1-3H3. The van der Waals surface area contributed by atoms with Gasteiger partial charge in [-0.2, -0.15) is 0 Å². The Bertz CT molecular complexity index is 270. The summed E-state index contributed by atoms with van der Waals surface area (Å²) in [7, 11) is 0. The maximum Gasteiger partial charge on any atom is 0.0541 e. The van der Waals surface area contributed by atoms with Gasteiger partial charge in [0.15, 0.2) is 0 Å². The van der Waals surface area contributed by atoms with E-state index in [4.69, 9.17) is 5.73 Å². The van der Waals surface area contributed by atoms with Crippen molar-refractivity contribution in [3.05, 3.63) is 21.9 Å². The third-order valence-electron chi connectivity index (χ3n) is 2.44. The second-order valence-corrected chi connectivity index (χ2v) is 5.03. The smallest absolute Gasteiger partial charge is 0.0541 e. The van der Waals surface area contributed by atoms with Crippen molar-refractivity contribution in [2.24, 2.45) is 5.73 Å². The quantitative estimate of drug-likeness (QED) is 0.787. The van der Waals surface area contributed by atoms with Gasteiger partial charge < -0.3 is 11.1 Å². The average Bonchev–Trinajstić information content (AvgIpc) is 2.60. The lowest BCUT2D eigenvalue weighted by molar-refractivity contribution is 0.456. The Kier molecular flexibility index (Phi) is 4.58. The van der Waals surface area contributed by atoms with Crippen molar-refractivity contribution in [2.75, 3.05) is 6.54 Å². The van der Waals surface area contributed by atoms with Crippen LogP contribution in [0.1, 0.15) is 36.1 Å². The minimum Gasteiger partial charge on any atom is -0.329 e. The summed E-state index contributed by atoms with van der Waals surface area (Å²) in [5.41, 5.74) is 5.76. The lowest BCUT2D eigenvalue weighted by Crippen LogP contribution is -2.34. The van der Waals surface area contributed by atoms with Gasteiger partial charge in [0, 0.05) is 22.3 Å². The maximum absolute atomic E-state index is 5.76. The van der Waals surface area contributed by atoms with Crippen molar-refractivity contribution in [3.63, 3.8) is 0 Å². The van der Waals surface area contributed by atoms with Gasteiger partial charge in [-0.1, -0.05) is 6.92 Å². The molecule has 0 radical (unpaired) electrons. The van der Waals surface area contributed by atoms with Gasteiger partial charge >= 0.3 is 0 Å². The molecule has 2 nitrogen and oxygen atoms in total. The van der Waals surface area contributed by atoms with E-state index in [0.29, 0.717) is 18.6 Å².